The Hall–Kier alpha value is 0. The summed E-state index contributed by atoms with van der Waals surface area (Å²) in [4.78, 5) is 0. The van der Waals surface area contributed by atoms with Gasteiger partial charge in [0.2, 0.25) is 0 Å². The molecule has 0 aliphatic carbocycles. The second kappa shape index (κ2) is 24.3. The van der Waals surface area contributed by atoms with Crippen LogP contribution in [0, 0.1) is 11.8 Å². The summed E-state index contributed by atoms with van der Waals surface area (Å²) in [5.41, 5.74) is 0. The van der Waals surface area contributed by atoms with Gasteiger partial charge in [-0.05, 0) is 11.8 Å². The third-order valence-corrected chi connectivity index (χ3v) is 6.99. The largest absolute Gasteiger partial charge is 0.0654 e. The molecule has 0 rings (SSSR count). The molecule has 0 heteroatoms. The van der Waals surface area contributed by atoms with Gasteiger partial charge in [-0.15, -0.1) is 0 Å². The fourth-order valence-corrected chi connectivity index (χ4v) is 4.70. The maximum Gasteiger partial charge on any atom is -0.0443 e. The first kappa shape index (κ1) is 29.0. The van der Waals surface area contributed by atoms with Crippen LogP contribution >= 0.6 is 0 Å². The van der Waals surface area contributed by atoms with Crippen LogP contribution in [0.1, 0.15) is 175 Å². The third-order valence-electron chi connectivity index (χ3n) is 6.99. The average molecular weight is 409 g/mol. The summed E-state index contributed by atoms with van der Waals surface area (Å²) in [6.45, 7) is 9.59. The molecular formula is C29H60. The molecule has 29 heavy (non-hydrogen) atoms. The smallest absolute Gasteiger partial charge is 0.0443 e. The highest BCUT2D eigenvalue weighted by molar-refractivity contribution is 4.58. The van der Waals surface area contributed by atoms with Gasteiger partial charge in [-0.3, -0.25) is 0 Å². The van der Waals surface area contributed by atoms with Crippen LogP contribution in [-0.4, -0.2) is 0 Å². The van der Waals surface area contributed by atoms with Crippen LogP contribution in [0.4, 0.5) is 0 Å². The lowest BCUT2D eigenvalue weighted by Gasteiger charge is -2.12. The van der Waals surface area contributed by atoms with Crippen LogP contribution in [0.5, 0.6) is 0 Å². The summed E-state index contributed by atoms with van der Waals surface area (Å²) < 4.78 is 0. The Morgan fingerprint density at radius 3 is 0.759 bits per heavy atom. The second-order valence-corrected chi connectivity index (χ2v) is 10.4. The lowest BCUT2D eigenvalue weighted by molar-refractivity contribution is 0.416. The summed E-state index contributed by atoms with van der Waals surface area (Å²) in [7, 11) is 0. The molecule has 0 aliphatic rings. The number of rotatable bonds is 24. The average Bonchev–Trinajstić information content (AvgIpc) is 2.71. The number of hydrogen-bond acceptors (Lipinski definition) is 0. The molecule has 176 valence electrons. The molecule has 0 spiro atoms. The summed E-state index contributed by atoms with van der Waals surface area (Å²) >= 11 is 0. The molecule has 0 radical (unpaired) electrons. The van der Waals surface area contributed by atoms with Crippen LogP contribution in [0.3, 0.4) is 0 Å². The molecule has 0 heterocycles. The molecule has 0 aromatic carbocycles. The maximum atomic E-state index is 2.49. The SMILES string of the molecule is CCCCCCCCCC(C)CCCCCCCC(C)CCCCCCCCC. The molecule has 2 unspecified atom stereocenters. The van der Waals surface area contributed by atoms with Gasteiger partial charge in [-0.25, -0.2) is 0 Å². The Morgan fingerprint density at radius 2 is 0.517 bits per heavy atom. The van der Waals surface area contributed by atoms with Gasteiger partial charge in [0.1, 0.15) is 0 Å². The Bertz CT molecular complexity index is 254. The molecule has 0 saturated heterocycles. The predicted octanol–water partition coefficient (Wildman–Crippen LogP) is 11.3. The van der Waals surface area contributed by atoms with Crippen molar-refractivity contribution in [3.8, 4) is 0 Å². The predicted molar refractivity (Wildman–Crippen MR) is 136 cm³/mol. The van der Waals surface area contributed by atoms with Crippen molar-refractivity contribution in [2.75, 3.05) is 0 Å². The highest BCUT2D eigenvalue weighted by Gasteiger charge is 2.04. The summed E-state index contributed by atoms with van der Waals surface area (Å²) in [5.74, 6) is 1.93. The standard InChI is InChI=1S/C29H60/c1-5-7-9-11-13-16-20-24-28(3)26-22-18-15-19-23-27-29(4)25-21-17-14-12-10-8-6-2/h28-29H,5-27H2,1-4H3. The molecule has 2 atom stereocenters. The highest BCUT2D eigenvalue weighted by Crippen LogP contribution is 2.20. The number of hydrogen-bond donors (Lipinski definition) is 0. The first-order valence-electron chi connectivity index (χ1n) is 14.2. The molecule has 0 fully saturated rings. The highest BCUT2D eigenvalue weighted by atomic mass is 14.1. The quantitative estimate of drug-likeness (QED) is 0.139. The van der Waals surface area contributed by atoms with E-state index in [4.69, 9.17) is 0 Å². The molecule has 0 N–H and O–H groups in total. The van der Waals surface area contributed by atoms with E-state index in [-0.39, 0.29) is 0 Å². The van der Waals surface area contributed by atoms with E-state index in [0.717, 1.165) is 11.8 Å². The molecule has 0 saturated carbocycles. The minimum Gasteiger partial charge on any atom is -0.0654 e. The van der Waals surface area contributed by atoms with Crippen molar-refractivity contribution in [3.63, 3.8) is 0 Å². The molecule has 0 amide bonds. The van der Waals surface area contributed by atoms with Gasteiger partial charge in [0.15, 0.2) is 0 Å². The van der Waals surface area contributed by atoms with E-state index >= 15 is 0 Å². The van der Waals surface area contributed by atoms with Gasteiger partial charge in [-0.2, -0.15) is 0 Å². The molecular weight excluding hydrogens is 348 g/mol. The van der Waals surface area contributed by atoms with E-state index in [1.54, 1.807) is 0 Å². The van der Waals surface area contributed by atoms with Crippen LogP contribution in [0.2, 0.25) is 0 Å². The minimum atomic E-state index is 0.965. The van der Waals surface area contributed by atoms with Crippen molar-refractivity contribution in [2.45, 2.75) is 175 Å². The lowest BCUT2D eigenvalue weighted by Crippen LogP contribution is -1.96. The Morgan fingerprint density at radius 1 is 0.310 bits per heavy atom. The topological polar surface area (TPSA) is 0 Å². The van der Waals surface area contributed by atoms with E-state index in [2.05, 4.69) is 27.7 Å². The van der Waals surface area contributed by atoms with E-state index in [0.29, 0.717) is 0 Å². The number of unbranched alkanes of at least 4 members (excludes halogenated alkanes) is 16. The van der Waals surface area contributed by atoms with E-state index < -0.39 is 0 Å². The van der Waals surface area contributed by atoms with Crippen LogP contribution in [0.15, 0.2) is 0 Å². The zero-order valence-electron chi connectivity index (χ0n) is 21.4. The van der Waals surface area contributed by atoms with Gasteiger partial charge in [0.05, 0.1) is 0 Å². The molecule has 0 bridgehead atoms. The van der Waals surface area contributed by atoms with E-state index in [1.807, 2.05) is 0 Å². The minimum absolute atomic E-state index is 0.965. The van der Waals surface area contributed by atoms with Crippen LogP contribution in [-0.2, 0) is 0 Å². The maximum absolute atomic E-state index is 2.49. The van der Waals surface area contributed by atoms with Crippen molar-refractivity contribution < 1.29 is 0 Å². The zero-order chi connectivity index (χ0) is 21.4. The molecule has 0 aromatic heterocycles. The summed E-state index contributed by atoms with van der Waals surface area (Å²) in [6.07, 6.45) is 33.6. The van der Waals surface area contributed by atoms with Gasteiger partial charge < -0.3 is 0 Å². The third kappa shape index (κ3) is 24.1. The van der Waals surface area contributed by atoms with E-state index in [1.165, 1.54) is 148 Å². The fourth-order valence-electron chi connectivity index (χ4n) is 4.70. The Labute approximate surface area is 187 Å². The normalized spacial score (nSPS) is 13.7. The molecule has 0 aliphatic heterocycles. The monoisotopic (exact) mass is 408 g/mol. The van der Waals surface area contributed by atoms with Gasteiger partial charge in [0, 0.05) is 0 Å². The van der Waals surface area contributed by atoms with Crippen molar-refractivity contribution in [1.29, 1.82) is 0 Å². The van der Waals surface area contributed by atoms with Crippen LogP contribution < -0.4 is 0 Å². The van der Waals surface area contributed by atoms with Crippen molar-refractivity contribution in [3.05, 3.63) is 0 Å². The first-order chi connectivity index (χ1) is 14.2. The van der Waals surface area contributed by atoms with Crippen molar-refractivity contribution >= 4 is 0 Å². The van der Waals surface area contributed by atoms with Gasteiger partial charge in [-0.1, -0.05) is 175 Å². The van der Waals surface area contributed by atoms with Gasteiger partial charge in [0.25, 0.3) is 0 Å². The summed E-state index contributed by atoms with van der Waals surface area (Å²) in [6, 6.07) is 0. The Kier molecular flexibility index (Phi) is 24.3. The Balaban J connectivity index is 3.24. The van der Waals surface area contributed by atoms with E-state index in [9.17, 15) is 0 Å². The van der Waals surface area contributed by atoms with Gasteiger partial charge >= 0.3 is 0 Å². The lowest BCUT2D eigenvalue weighted by atomic mass is 9.94. The zero-order valence-corrected chi connectivity index (χ0v) is 21.4. The first-order valence-corrected chi connectivity index (χ1v) is 14.2. The van der Waals surface area contributed by atoms with Crippen molar-refractivity contribution in [2.24, 2.45) is 11.8 Å². The summed E-state index contributed by atoms with van der Waals surface area (Å²) in [5, 5.41) is 0. The molecule has 0 aromatic rings. The van der Waals surface area contributed by atoms with Crippen LogP contribution in [0.25, 0.3) is 0 Å². The second-order valence-electron chi connectivity index (χ2n) is 10.4. The fraction of sp³-hybridized carbons (Fsp3) is 1.00. The molecule has 0 nitrogen and oxygen atoms in total. The van der Waals surface area contributed by atoms with Crippen molar-refractivity contribution in [1.82, 2.24) is 0 Å².